The lowest BCUT2D eigenvalue weighted by Gasteiger charge is -2.23. The molecule has 2 aromatic heterocycles. The van der Waals surface area contributed by atoms with Crippen molar-refractivity contribution in [2.24, 2.45) is 0 Å². The van der Waals surface area contributed by atoms with Gasteiger partial charge in [-0.05, 0) is 76.3 Å². The first-order valence-electron chi connectivity index (χ1n) is 15.3. The normalized spacial score (nSPS) is 15.0. The Hall–Kier alpha value is -5.06. The zero-order valence-electron chi connectivity index (χ0n) is 27.2. The molecule has 46 heavy (non-hydrogen) atoms. The summed E-state index contributed by atoms with van der Waals surface area (Å²) in [7, 11) is 4.61. The fourth-order valence-corrected chi connectivity index (χ4v) is 5.51. The second-order valence-electron chi connectivity index (χ2n) is 12.1. The van der Waals surface area contributed by atoms with E-state index in [1.54, 1.807) is 32.5 Å². The van der Waals surface area contributed by atoms with Gasteiger partial charge in [-0.2, -0.15) is 0 Å². The predicted octanol–water partition coefficient (Wildman–Crippen LogP) is 6.66. The zero-order chi connectivity index (χ0) is 32.8. The molecule has 242 valence electrons. The van der Waals surface area contributed by atoms with Crippen molar-refractivity contribution in [2.75, 3.05) is 26.6 Å². The summed E-state index contributed by atoms with van der Waals surface area (Å²) in [5, 5.41) is 6.53. The van der Waals surface area contributed by atoms with Gasteiger partial charge in [-0.25, -0.2) is 19.6 Å². The minimum atomic E-state index is -0.559. The van der Waals surface area contributed by atoms with Crippen molar-refractivity contribution in [1.82, 2.24) is 19.7 Å². The predicted molar refractivity (Wildman–Crippen MR) is 176 cm³/mol. The highest BCUT2D eigenvalue weighted by molar-refractivity contribution is 5.92. The molecule has 0 saturated carbocycles. The largest absolute Gasteiger partial charge is 0.497 e. The molecule has 0 saturated heterocycles. The minimum absolute atomic E-state index is 0.0152. The van der Waals surface area contributed by atoms with Gasteiger partial charge < -0.3 is 29.6 Å². The van der Waals surface area contributed by atoms with E-state index in [4.69, 9.17) is 28.9 Å². The van der Waals surface area contributed by atoms with Gasteiger partial charge in [0.25, 0.3) is 0 Å². The molecule has 0 aliphatic heterocycles. The van der Waals surface area contributed by atoms with Gasteiger partial charge in [0.1, 0.15) is 34.1 Å². The fourth-order valence-electron chi connectivity index (χ4n) is 5.51. The number of ether oxygens (including phenoxy) is 4. The van der Waals surface area contributed by atoms with Crippen LogP contribution in [0.25, 0.3) is 22.3 Å². The van der Waals surface area contributed by atoms with Crippen LogP contribution in [0.2, 0.25) is 0 Å². The molecular formula is C35H41N5O6. The van der Waals surface area contributed by atoms with Crippen LogP contribution >= 0.6 is 0 Å². The summed E-state index contributed by atoms with van der Waals surface area (Å²) in [4.78, 5) is 34.5. The third-order valence-electron chi connectivity index (χ3n) is 7.75. The van der Waals surface area contributed by atoms with Crippen LogP contribution < -0.4 is 20.1 Å². The topological polar surface area (TPSA) is 125 Å². The maximum Gasteiger partial charge on any atom is 0.407 e. The van der Waals surface area contributed by atoms with Gasteiger partial charge in [-0.3, -0.25) is 4.40 Å². The van der Waals surface area contributed by atoms with Crippen molar-refractivity contribution in [2.45, 2.75) is 64.6 Å². The number of nitrogens with one attached hydrogen (secondary N) is 2. The molecule has 0 fully saturated rings. The van der Waals surface area contributed by atoms with Crippen molar-refractivity contribution < 1.29 is 28.5 Å². The number of imidazole rings is 1. The first-order chi connectivity index (χ1) is 22.1. The number of allylic oxidation sites excluding steroid dienone is 2. The van der Waals surface area contributed by atoms with Crippen LogP contribution in [0.4, 0.5) is 10.6 Å². The summed E-state index contributed by atoms with van der Waals surface area (Å²) >= 11 is 0. The van der Waals surface area contributed by atoms with Crippen LogP contribution in [0.3, 0.4) is 0 Å². The van der Waals surface area contributed by atoms with Crippen molar-refractivity contribution >= 4 is 29.0 Å². The van der Waals surface area contributed by atoms with Crippen LogP contribution in [0.5, 0.6) is 11.5 Å². The fraction of sp³-hybridized carbons (Fsp3) is 0.371. The first-order valence-corrected chi connectivity index (χ1v) is 15.3. The highest BCUT2D eigenvalue weighted by Gasteiger charge is 2.24. The van der Waals surface area contributed by atoms with Crippen molar-refractivity contribution in [3.8, 4) is 22.8 Å². The number of hydrogen-bond donors (Lipinski definition) is 2. The molecule has 0 radical (unpaired) electrons. The number of rotatable bonds is 9. The molecule has 2 aromatic carbocycles. The summed E-state index contributed by atoms with van der Waals surface area (Å²) in [5.41, 5.74) is 4.25. The molecule has 0 spiro atoms. The Kier molecular flexibility index (Phi) is 9.79. The van der Waals surface area contributed by atoms with E-state index in [1.165, 1.54) is 7.11 Å². The molecule has 2 heterocycles. The molecule has 1 aliphatic carbocycles. The second kappa shape index (κ2) is 13.9. The third-order valence-corrected chi connectivity index (χ3v) is 7.75. The van der Waals surface area contributed by atoms with E-state index < -0.39 is 17.7 Å². The molecule has 11 heteroatoms. The van der Waals surface area contributed by atoms with Crippen LogP contribution in [0.1, 0.15) is 68.2 Å². The average molecular weight is 628 g/mol. The molecule has 1 atom stereocenters. The summed E-state index contributed by atoms with van der Waals surface area (Å²) in [6.45, 7) is 6.01. The van der Waals surface area contributed by atoms with Gasteiger partial charge in [0, 0.05) is 42.2 Å². The Balaban J connectivity index is 1.49. The summed E-state index contributed by atoms with van der Waals surface area (Å²) < 4.78 is 23.4. The standard InChI is InChI=1S/C35H41N5O6/c1-35(2,3)46-34(42)38-26-9-7-8-23(14-16-26)32-39-29(22-10-12-24(13-11-22)33(41)45-6)30-31(36-18-19-40(30)32)37-21-25-15-17-27(43-4)20-28(25)44-5/h8,10-13,15,17-20,26H,7,9,14,16,21H2,1-6H3,(H,36,37)(H,38,42). The van der Waals surface area contributed by atoms with Crippen LogP contribution in [-0.2, 0) is 16.0 Å². The van der Waals surface area contributed by atoms with Crippen molar-refractivity contribution in [3.05, 3.63) is 77.9 Å². The van der Waals surface area contributed by atoms with E-state index in [2.05, 4.69) is 21.1 Å². The highest BCUT2D eigenvalue weighted by Crippen LogP contribution is 2.35. The van der Waals surface area contributed by atoms with Gasteiger partial charge in [-0.1, -0.05) is 18.2 Å². The Morgan fingerprint density at radius 2 is 1.80 bits per heavy atom. The van der Waals surface area contributed by atoms with Gasteiger partial charge in [-0.15, -0.1) is 0 Å². The SMILES string of the molecule is COC(=O)c1ccc(-c2nc(C3=CCCC(NC(=O)OC(C)(C)C)CC3)n3ccnc(NCc4ccc(OC)cc4OC)c23)cc1. The number of anilines is 1. The number of fused-ring (bicyclic) bond motifs is 1. The number of alkyl carbamates (subject to hydrolysis) is 1. The Morgan fingerprint density at radius 1 is 1.02 bits per heavy atom. The molecule has 2 N–H and O–H groups in total. The molecule has 1 amide bonds. The number of carbonyl (C=O) groups excluding carboxylic acids is 2. The van der Waals surface area contributed by atoms with Crippen molar-refractivity contribution in [3.63, 3.8) is 0 Å². The smallest absolute Gasteiger partial charge is 0.407 e. The van der Waals surface area contributed by atoms with Gasteiger partial charge in [0.05, 0.1) is 26.9 Å². The number of benzene rings is 2. The number of nitrogens with zero attached hydrogens (tertiary/aromatic N) is 3. The zero-order valence-corrected chi connectivity index (χ0v) is 27.2. The lowest BCUT2D eigenvalue weighted by Crippen LogP contribution is -2.38. The number of methoxy groups -OCH3 is 3. The lowest BCUT2D eigenvalue weighted by molar-refractivity contribution is 0.0499. The average Bonchev–Trinajstić information content (AvgIpc) is 3.29. The molecule has 11 nitrogen and oxygen atoms in total. The van der Waals surface area contributed by atoms with Crippen LogP contribution in [0, 0.1) is 0 Å². The third kappa shape index (κ3) is 7.42. The monoisotopic (exact) mass is 627 g/mol. The number of aromatic nitrogens is 3. The second-order valence-corrected chi connectivity index (χ2v) is 12.1. The van der Waals surface area contributed by atoms with Gasteiger partial charge in [0.15, 0.2) is 5.82 Å². The Labute approximate surface area is 268 Å². The number of esters is 1. The highest BCUT2D eigenvalue weighted by atomic mass is 16.6. The summed E-state index contributed by atoms with van der Waals surface area (Å²) in [6, 6.07) is 12.9. The molecule has 4 aromatic rings. The molecule has 5 rings (SSSR count). The van der Waals surface area contributed by atoms with Crippen molar-refractivity contribution in [1.29, 1.82) is 0 Å². The maximum absolute atomic E-state index is 12.5. The summed E-state index contributed by atoms with van der Waals surface area (Å²) in [6.07, 6.45) is 8.50. The molecular weight excluding hydrogens is 586 g/mol. The lowest BCUT2D eigenvalue weighted by atomic mass is 10.1. The van der Waals surface area contributed by atoms with E-state index in [-0.39, 0.29) is 6.04 Å². The minimum Gasteiger partial charge on any atom is -0.497 e. The van der Waals surface area contributed by atoms with E-state index in [0.717, 1.165) is 53.0 Å². The van der Waals surface area contributed by atoms with E-state index in [9.17, 15) is 9.59 Å². The summed E-state index contributed by atoms with van der Waals surface area (Å²) in [5.74, 6) is 2.44. The van der Waals surface area contributed by atoms with Crippen LogP contribution in [0.15, 0.2) is 60.9 Å². The quantitative estimate of drug-likeness (QED) is 0.196. The van der Waals surface area contributed by atoms with Gasteiger partial charge >= 0.3 is 12.1 Å². The Morgan fingerprint density at radius 3 is 2.50 bits per heavy atom. The van der Waals surface area contributed by atoms with Crippen LogP contribution in [-0.4, -0.2) is 59.4 Å². The molecule has 0 bridgehead atoms. The first kappa shape index (κ1) is 32.3. The molecule has 1 aliphatic rings. The number of amides is 1. The Bertz CT molecular complexity index is 1740. The van der Waals surface area contributed by atoms with Gasteiger partial charge in [0.2, 0.25) is 0 Å². The number of hydrogen-bond acceptors (Lipinski definition) is 9. The maximum atomic E-state index is 12.5. The van der Waals surface area contributed by atoms with E-state index >= 15 is 0 Å². The molecule has 1 unspecified atom stereocenters. The van der Waals surface area contributed by atoms with E-state index in [1.807, 2.05) is 57.3 Å². The van der Waals surface area contributed by atoms with E-state index in [0.29, 0.717) is 35.8 Å². The number of carbonyl (C=O) groups is 2.